The van der Waals surface area contributed by atoms with E-state index in [4.69, 9.17) is 25.2 Å². The topological polar surface area (TPSA) is 187 Å². The molecular formula is C51H59N11O5S2. The zero-order valence-electron chi connectivity index (χ0n) is 39.3. The van der Waals surface area contributed by atoms with Crippen molar-refractivity contribution in [2.45, 2.75) is 89.2 Å². The second-order valence-corrected chi connectivity index (χ2v) is 21.4. The predicted octanol–water partition coefficient (Wildman–Crippen LogP) is 5.93. The van der Waals surface area contributed by atoms with Crippen LogP contribution in [0, 0.1) is 5.92 Å². The number of likely N-dealkylation sites (tertiary alicyclic amines) is 1. The number of carbonyl (C=O) groups is 2. The summed E-state index contributed by atoms with van der Waals surface area (Å²) in [4.78, 5) is 56.5. The number of rotatable bonds is 14. The van der Waals surface area contributed by atoms with Gasteiger partial charge in [0.15, 0.2) is 5.65 Å². The lowest BCUT2D eigenvalue weighted by Crippen LogP contribution is -2.51. The Morgan fingerprint density at radius 1 is 0.971 bits per heavy atom. The number of nitrogens with zero attached hydrogens (tertiary/aromatic N) is 7. The maximum atomic E-state index is 13.7. The number of pyridine rings is 1. The molecule has 3 fully saturated rings. The van der Waals surface area contributed by atoms with Crippen molar-refractivity contribution in [2.24, 2.45) is 13.0 Å². The average molecular weight is 970 g/mol. The lowest BCUT2D eigenvalue weighted by atomic mass is 9.87. The van der Waals surface area contributed by atoms with E-state index in [2.05, 4.69) is 49.0 Å². The van der Waals surface area contributed by atoms with E-state index in [9.17, 15) is 14.4 Å². The number of benzene rings is 2. The van der Waals surface area contributed by atoms with Crippen molar-refractivity contribution in [1.82, 2.24) is 45.2 Å². The van der Waals surface area contributed by atoms with E-state index in [0.29, 0.717) is 52.8 Å². The number of nitrogens with one attached hydrogen (secondary N) is 3. The zero-order valence-corrected chi connectivity index (χ0v) is 41.0. The molecule has 4 aliphatic rings. The maximum Gasteiger partial charge on any atom is 0.291 e. The molecule has 8 heterocycles. The first-order valence-corrected chi connectivity index (χ1v) is 25.9. The van der Waals surface area contributed by atoms with Crippen LogP contribution in [0.3, 0.4) is 0 Å². The molecule has 2 amide bonds. The van der Waals surface area contributed by atoms with Gasteiger partial charge in [0.25, 0.3) is 11.5 Å². The molecule has 4 atom stereocenters. The van der Waals surface area contributed by atoms with Gasteiger partial charge in [0.05, 0.1) is 55.2 Å². The summed E-state index contributed by atoms with van der Waals surface area (Å²) < 4.78 is 15.7. The second-order valence-electron chi connectivity index (χ2n) is 19.3. The number of fused-ring (bicyclic) bond motifs is 7. The third-order valence-electron chi connectivity index (χ3n) is 14.7. The molecule has 0 spiro atoms. The van der Waals surface area contributed by atoms with Crippen LogP contribution in [0.2, 0.25) is 0 Å². The number of aryl methyl sites for hydroxylation is 2. The van der Waals surface area contributed by atoms with E-state index in [0.717, 1.165) is 108 Å². The number of thiazole rings is 1. The van der Waals surface area contributed by atoms with Gasteiger partial charge < -0.3 is 45.5 Å². The van der Waals surface area contributed by atoms with Gasteiger partial charge in [-0.05, 0) is 118 Å². The van der Waals surface area contributed by atoms with Crippen LogP contribution in [-0.2, 0) is 42.6 Å². The van der Waals surface area contributed by atoms with Crippen molar-refractivity contribution in [1.29, 1.82) is 0 Å². The fraction of sp³-hybridized carbons (Fsp3) is 0.451. The van der Waals surface area contributed by atoms with Crippen LogP contribution in [-0.4, -0.2) is 106 Å². The Labute approximate surface area is 408 Å². The minimum atomic E-state index is -0.307. The number of hydrogen-bond acceptors (Lipinski definition) is 14. The minimum absolute atomic E-state index is 0.0290. The summed E-state index contributed by atoms with van der Waals surface area (Å²) in [5.41, 5.74) is 13.9. The van der Waals surface area contributed by atoms with Crippen molar-refractivity contribution >= 4 is 77.3 Å². The molecular weight excluding hydrogens is 911 g/mol. The van der Waals surface area contributed by atoms with Crippen LogP contribution >= 0.6 is 22.7 Å². The smallest absolute Gasteiger partial charge is 0.291 e. The highest BCUT2D eigenvalue weighted by Gasteiger charge is 2.33. The number of nitrogens with two attached hydrogens (primary N) is 1. The molecule has 2 bridgehead atoms. The highest BCUT2D eigenvalue weighted by atomic mass is 32.1. The van der Waals surface area contributed by atoms with Crippen LogP contribution in [0.4, 0.5) is 11.4 Å². The van der Waals surface area contributed by atoms with Gasteiger partial charge in [0.1, 0.15) is 26.0 Å². The molecule has 69 heavy (non-hydrogen) atoms. The molecule has 11 rings (SSSR count). The number of piperazine rings is 1. The van der Waals surface area contributed by atoms with Gasteiger partial charge in [-0.1, -0.05) is 18.2 Å². The van der Waals surface area contributed by atoms with E-state index in [1.807, 2.05) is 54.9 Å². The SMILES string of the molecule is COc1cccc(Cn2ncc3c4sc(COCCN5CCC(C(=O)NC(C)c6ccc7c(N)c(C(=O)N[C@H]8CCc9cc(N%10C[C@H]%11CC[C@@H](C%10)N%11)ccc9C8)sc7n6)CC5)nc4n(C)c3c2=O)c1. The Kier molecular flexibility index (Phi) is 12.6. The van der Waals surface area contributed by atoms with Crippen molar-refractivity contribution in [2.75, 3.05) is 57.1 Å². The lowest BCUT2D eigenvalue weighted by Gasteiger charge is -2.35. The van der Waals surface area contributed by atoms with E-state index in [-0.39, 0.29) is 35.4 Å². The first-order chi connectivity index (χ1) is 33.5. The number of piperidine rings is 1. The Bertz CT molecular complexity index is 3120. The first-order valence-electron chi connectivity index (χ1n) is 24.2. The van der Waals surface area contributed by atoms with E-state index in [1.165, 1.54) is 57.0 Å². The summed E-state index contributed by atoms with van der Waals surface area (Å²) in [6.07, 6.45) is 8.43. The minimum Gasteiger partial charge on any atom is -0.497 e. The molecule has 1 aliphatic carbocycles. The molecule has 5 aromatic heterocycles. The largest absolute Gasteiger partial charge is 0.497 e. The van der Waals surface area contributed by atoms with Crippen molar-refractivity contribution in [3.8, 4) is 5.75 Å². The summed E-state index contributed by atoms with van der Waals surface area (Å²) in [5.74, 6) is 0.516. The Hall–Kier alpha value is -5.92. The molecule has 18 heteroatoms. The number of aromatic nitrogens is 5. The molecule has 7 aromatic rings. The standard InChI is InChI=1S/C51H59N11O5S2/c1-29(41-14-13-39-43(52)46(69-50(39)57-41)49(64)56-34-9-7-33-23-37(12-8-32(33)22-34)61-26-35-10-11-36(27-61)55-35)54-48(63)31-15-17-60(18-16-31)19-20-67-28-42-58-47-45(68-42)40-24-53-62(51(65)44(40)59(47)2)25-30-5-4-6-38(21-30)66-3/h4-6,8,12-14,21,23-24,29,31,34-36,55H,7,9-11,15-20,22,25-28,52H2,1-3H3,(H,54,63)(H,56,64)/t29?,34-,35-,36+/m0/s1. The third-order valence-corrected chi connectivity index (χ3v) is 16.9. The number of carbonyl (C=O) groups excluding carboxylic acids is 2. The van der Waals surface area contributed by atoms with Crippen molar-refractivity contribution in [3.05, 3.63) is 103 Å². The van der Waals surface area contributed by atoms with Crippen molar-refractivity contribution in [3.63, 3.8) is 0 Å². The predicted molar refractivity (Wildman–Crippen MR) is 272 cm³/mol. The lowest BCUT2D eigenvalue weighted by molar-refractivity contribution is -0.127. The van der Waals surface area contributed by atoms with Gasteiger partial charge >= 0.3 is 0 Å². The number of anilines is 2. The molecule has 0 radical (unpaired) electrons. The Balaban J connectivity index is 0.630. The highest BCUT2D eigenvalue weighted by molar-refractivity contribution is 7.21. The normalized spacial score (nSPS) is 20.2. The highest BCUT2D eigenvalue weighted by Crippen LogP contribution is 2.36. The number of hydrogen-bond donors (Lipinski definition) is 4. The summed E-state index contributed by atoms with van der Waals surface area (Å²) in [6, 6.07) is 19.3. The van der Waals surface area contributed by atoms with Gasteiger partial charge in [-0.15, -0.1) is 22.7 Å². The summed E-state index contributed by atoms with van der Waals surface area (Å²) in [5, 5.41) is 17.1. The van der Waals surface area contributed by atoms with Crippen LogP contribution in [0.5, 0.6) is 5.75 Å². The molecule has 5 N–H and O–H groups in total. The average Bonchev–Trinajstić information content (AvgIpc) is 4.11. The Morgan fingerprint density at radius 2 is 1.80 bits per heavy atom. The third kappa shape index (κ3) is 9.20. The van der Waals surface area contributed by atoms with Crippen LogP contribution in [0.1, 0.15) is 82.1 Å². The van der Waals surface area contributed by atoms with Gasteiger partial charge in [0, 0.05) is 67.2 Å². The van der Waals surface area contributed by atoms with E-state index < -0.39 is 0 Å². The van der Waals surface area contributed by atoms with Crippen LogP contribution < -0.4 is 36.9 Å². The van der Waals surface area contributed by atoms with E-state index in [1.54, 1.807) is 13.3 Å². The van der Waals surface area contributed by atoms with Gasteiger partial charge in [0.2, 0.25) is 5.91 Å². The number of ether oxygens (including phenoxy) is 2. The quantitative estimate of drug-likeness (QED) is 0.0944. The van der Waals surface area contributed by atoms with Crippen LogP contribution in [0.25, 0.3) is 31.5 Å². The van der Waals surface area contributed by atoms with Crippen LogP contribution in [0.15, 0.2) is 65.6 Å². The number of methoxy groups -OCH3 is 1. The summed E-state index contributed by atoms with van der Waals surface area (Å²) in [7, 11) is 3.49. The number of amides is 2. The summed E-state index contributed by atoms with van der Waals surface area (Å²) >= 11 is 2.84. The second kappa shape index (κ2) is 19.1. The molecule has 360 valence electrons. The zero-order chi connectivity index (χ0) is 47.3. The number of thiophene rings is 1. The Morgan fingerprint density at radius 3 is 2.61 bits per heavy atom. The first kappa shape index (κ1) is 45.5. The molecule has 3 saturated heterocycles. The molecule has 0 saturated carbocycles. The number of nitrogen functional groups attached to an aromatic ring is 1. The molecule has 2 aromatic carbocycles. The van der Waals surface area contributed by atoms with E-state index >= 15 is 0 Å². The summed E-state index contributed by atoms with van der Waals surface area (Å²) in [6.45, 7) is 7.72. The monoisotopic (exact) mass is 969 g/mol. The molecule has 3 aliphatic heterocycles. The fourth-order valence-electron chi connectivity index (χ4n) is 10.9. The fourth-order valence-corrected chi connectivity index (χ4v) is 12.9. The van der Waals surface area contributed by atoms with Gasteiger partial charge in [-0.3, -0.25) is 14.4 Å². The van der Waals surface area contributed by atoms with Gasteiger partial charge in [-0.25, -0.2) is 14.6 Å². The molecule has 1 unspecified atom stereocenters. The maximum absolute atomic E-state index is 13.7. The van der Waals surface area contributed by atoms with Crippen molar-refractivity contribution < 1.29 is 19.1 Å². The molecule has 16 nitrogen and oxygen atoms in total. The van der Waals surface area contributed by atoms with Gasteiger partial charge in [-0.2, -0.15) is 5.10 Å².